The predicted octanol–water partition coefficient (Wildman–Crippen LogP) is 4.20. The molecule has 1 atom stereocenters. The number of likely N-dealkylation sites (tertiary alicyclic amines) is 2. The quantitative estimate of drug-likeness (QED) is 0.504. The summed E-state index contributed by atoms with van der Waals surface area (Å²) in [4.78, 5) is 57.4. The van der Waals surface area contributed by atoms with Crippen LogP contribution in [0.25, 0.3) is 0 Å². The van der Waals surface area contributed by atoms with Crippen molar-refractivity contribution in [2.45, 2.75) is 57.6 Å². The number of methoxy groups -OCH3 is 1. The molecule has 0 radical (unpaired) electrons. The third-order valence-electron chi connectivity index (χ3n) is 7.33. The van der Waals surface area contributed by atoms with Crippen LogP contribution in [0.15, 0.2) is 42.6 Å². The highest BCUT2D eigenvalue weighted by atomic mass is 19.3. The molecular formula is C30H36F2N4O6. The van der Waals surface area contributed by atoms with E-state index < -0.39 is 36.1 Å². The van der Waals surface area contributed by atoms with Crippen LogP contribution in [-0.4, -0.2) is 89.3 Å². The normalized spacial score (nSPS) is 19.1. The minimum atomic E-state index is -3.37. The van der Waals surface area contributed by atoms with Gasteiger partial charge in [0.25, 0.3) is 17.7 Å². The van der Waals surface area contributed by atoms with E-state index in [1.807, 2.05) is 0 Å². The number of rotatable bonds is 6. The Hall–Kier alpha value is -4.09. The number of ether oxygens (including phenoxy) is 2. The molecule has 2 fully saturated rings. The number of aromatic nitrogens is 1. The number of piperidine rings is 2. The van der Waals surface area contributed by atoms with Crippen molar-refractivity contribution in [2.75, 3.05) is 33.3 Å². The topological polar surface area (TPSA) is 118 Å². The number of carbonyl (C=O) groups excluding carboxylic acids is 4. The van der Waals surface area contributed by atoms with Gasteiger partial charge in [-0.05, 0) is 76.4 Å². The van der Waals surface area contributed by atoms with Gasteiger partial charge in [-0.3, -0.25) is 19.4 Å². The molecule has 1 aromatic carbocycles. The maximum absolute atomic E-state index is 14.8. The van der Waals surface area contributed by atoms with Crippen LogP contribution in [0.4, 0.5) is 13.6 Å². The van der Waals surface area contributed by atoms with Gasteiger partial charge in [0, 0.05) is 37.3 Å². The standard InChI is InChI=1S/C30H36F2N4O6/c1-29(2,3)42-28(40)36-16-13-24(30(31,32)18-36)34-26(38)21-7-10-23(33-17-21)27(39)35-14-11-20(12-15-35)25(37)19-5-8-22(41-4)9-6-19/h5-10,17,20,24H,11-16,18H2,1-4H3,(H,34,38). The van der Waals surface area contributed by atoms with Crippen molar-refractivity contribution in [1.82, 2.24) is 20.1 Å². The molecule has 0 saturated carbocycles. The van der Waals surface area contributed by atoms with E-state index >= 15 is 0 Å². The van der Waals surface area contributed by atoms with Crippen molar-refractivity contribution in [3.8, 4) is 5.75 Å². The average molecular weight is 587 g/mol. The fraction of sp³-hybridized carbons (Fsp3) is 0.500. The predicted molar refractivity (Wildman–Crippen MR) is 149 cm³/mol. The lowest BCUT2D eigenvalue weighted by molar-refractivity contribution is -0.0889. The number of halogens is 2. The van der Waals surface area contributed by atoms with Crippen LogP contribution in [0.1, 0.15) is 71.2 Å². The molecular weight excluding hydrogens is 550 g/mol. The summed E-state index contributed by atoms with van der Waals surface area (Å²) >= 11 is 0. The Bertz CT molecular complexity index is 1300. The summed E-state index contributed by atoms with van der Waals surface area (Å²) < 4.78 is 39.9. The van der Waals surface area contributed by atoms with Gasteiger partial charge in [0.2, 0.25) is 0 Å². The number of amides is 3. The number of hydrogen-bond donors (Lipinski definition) is 1. The Morgan fingerprint density at radius 3 is 2.10 bits per heavy atom. The number of ketones is 1. The molecule has 10 nitrogen and oxygen atoms in total. The highest BCUT2D eigenvalue weighted by Crippen LogP contribution is 2.29. The number of carbonyl (C=O) groups is 4. The minimum absolute atomic E-state index is 0.00350. The number of benzene rings is 1. The summed E-state index contributed by atoms with van der Waals surface area (Å²) in [5.41, 5.74) is -0.0728. The van der Waals surface area contributed by atoms with Crippen molar-refractivity contribution in [3.05, 3.63) is 59.4 Å². The molecule has 2 aliphatic rings. The van der Waals surface area contributed by atoms with Crippen LogP contribution in [0, 0.1) is 5.92 Å². The van der Waals surface area contributed by atoms with E-state index in [-0.39, 0.29) is 41.8 Å². The zero-order valence-corrected chi connectivity index (χ0v) is 24.2. The fourth-order valence-corrected chi connectivity index (χ4v) is 4.99. The lowest BCUT2D eigenvalue weighted by Crippen LogP contribution is -2.59. The maximum Gasteiger partial charge on any atom is 0.410 e. The summed E-state index contributed by atoms with van der Waals surface area (Å²) in [5, 5.41) is 2.34. The summed E-state index contributed by atoms with van der Waals surface area (Å²) in [5.74, 6) is -3.96. The molecule has 3 heterocycles. The minimum Gasteiger partial charge on any atom is -0.497 e. The zero-order valence-electron chi connectivity index (χ0n) is 24.2. The first kappa shape index (κ1) is 30.9. The number of hydrogen-bond acceptors (Lipinski definition) is 7. The number of Topliss-reactive ketones (excluding diaryl/α,β-unsaturated/α-hetero) is 1. The Labute approximate surface area is 243 Å². The SMILES string of the molecule is COc1ccc(C(=O)C2CCN(C(=O)c3ccc(C(=O)NC4CCN(C(=O)OC(C)(C)C)CC4(F)F)cn3)CC2)cc1. The van der Waals surface area contributed by atoms with Crippen molar-refractivity contribution < 1.29 is 37.4 Å². The molecule has 0 bridgehead atoms. The van der Waals surface area contributed by atoms with Crippen molar-refractivity contribution >= 4 is 23.7 Å². The Balaban J connectivity index is 1.29. The van der Waals surface area contributed by atoms with E-state index in [4.69, 9.17) is 9.47 Å². The molecule has 3 amide bonds. The van der Waals surface area contributed by atoms with E-state index in [9.17, 15) is 28.0 Å². The second kappa shape index (κ2) is 12.4. The Morgan fingerprint density at radius 2 is 1.55 bits per heavy atom. The molecule has 0 aliphatic carbocycles. The monoisotopic (exact) mass is 586 g/mol. The van der Waals surface area contributed by atoms with E-state index in [1.54, 1.807) is 57.0 Å². The van der Waals surface area contributed by atoms with E-state index in [0.29, 0.717) is 37.2 Å². The summed E-state index contributed by atoms with van der Waals surface area (Å²) in [6.45, 7) is 4.85. The van der Waals surface area contributed by atoms with Gasteiger partial charge in [-0.15, -0.1) is 0 Å². The summed E-state index contributed by atoms with van der Waals surface area (Å²) in [6.07, 6.45) is 1.22. The van der Waals surface area contributed by atoms with E-state index in [2.05, 4.69) is 10.3 Å². The van der Waals surface area contributed by atoms with Crippen molar-refractivity contribution in [3.63, 3.8) is 0 Å². The van der Waals surface area contributed by atoms with Gasteiger partial charge in [0.1, 0.15) is 17.0 Å². The third-order valence-corrected chi connectivity index (χ3v) is 7.33. The number of nitrogens with zero attached hydrogens (tertiary/aromatic N) is 3. The van der Waals surface area contributed by atoms with Crippen LogP contribution in [0.2, 0.25) is 0 Å². The third kappa shape index (κ3) is 7.40. The van der Waals surface area contributed by atoms with Gasteiger partial charge >= 0.3 is 6.09 Å². The molecule has 42 heavy (non-hydrogen) atoms. The average Bonchev–Trinajstić information content (AvgIpc) is 2.96. The number of nitrogens with one attached hydrogen (secondary N) is 1. The van der Waals surface area contributed by atoms with Gasteiger partial charge < -0.3 is 24.6 Å². The zero-order chi connectivity index (χ0) is 30.7. The van der Waals surface area contributed by atoms with Crippen LogP contribution < -0.4 is 10.1 Å². The smallest absolute Gasteiger partial charge is 0.410 e. The molecule has 226 valence electrons. The highest BCUT2D eigenvalue weighted by molar-refractivity contribution is 5.99. The number of alkyl halides is 2. The van der Waals surface area contributed by atoms with Gasteiger partial charge in [-0.1, -0.05) is 0 Å². The van der Waals surface area contributed by atoms with E-state index in [0.717, 1.165) is 4.90 Å². The van der Waals surface area contributed by atoms with Crippen LogP contribution in [0.3, 0.4) is 0 Å². The van der Waals surface area contributed by atoms with Crippen LogP contribution in [-0.2, 0) is 4.74 Å². The molecule has 1 aromatic heterocycles. The number of pyridine rings is 1. The second-order valence-electron chi connectivity index (χ2n) is 11.6. The van der Waals surface area contributed by atoms with Crippen molar-refractivity contribution in [1.29, 1.82) is 0 Å². The summed E-state index contributed by atoms with van der Waals surface area (Å²) in [6, 6.07) is 8.21. The molecule has 2 saturated heterocycles. The molecule has 2 aromatic rings. The fourth-order valence-electron chi connectivity index (χ4n) is 4.99. The molecule has 12 heteroatoms. The highest BCUT2D eigenvalue weighted by Gasteiger charge is 2.47. The van der Waals surface area contributed by atoms with Crippen molar-refractivity contribution in [2.24, 2.45) is 5.92 Å². The lowest BCUT2D eigenvalue weighted by atomic mass is 9.88. The van der Waals surface area contributed by atoms with Gasteiger partial charge in [0.05, 0.1) is 25.3 Å². The molecule has 1 N–H and O–H groups in total. The first-order chi connectivity index (χ1) is 19.8. The maximum atomic E-state index is 14.8. The molecule has 4 rings (SSSR count). The largest absolute Gasteiger partial charge is 0.497 e. The Kier molecular flexibility index (Phi) is 9.12. The first-order valence-electron chi connectivity index (χ1n) is 13.9. The molecule has 1 unspecified atom stereocenters. The Morgan fingerprint density at radius 1 is 0.929 bits per heavy atom. The van der Waals surface area contributed by atoms with Crippen LogP contribution in [0.5, 0.6) is 5.75 Å². The van der Waals surface area contributed by atoms with Crippen LogP contribution >= 0.6 is 0 Å². The lowest BCUT2D eigenvalue weighted by Gasteiger charge is -2.38. The second-order valence-corrected chi connectivity index (χ2v) is 11.6. The van der Waals surface area contributed by atoms with Gasteiger partial charge in [-0.2, -0.15) is 0 Å². The van der Waals surface area contributed by atoms with Gasteiger partial charge in [0.15, 0.2) is 5.78 Å². The summed E-state index contributed by atoms with van der Waals surface area (Å²) in [7, 11) is 1.56. The molecule has 2 aliphatic heterocycles. The first-order valence-corrected chi connectivity index (χ1v) is 13.9. The van der Waals surface area contributed by atoms with Gasteiger partial charge in [-0.25, -0.2) is 13.6 Å². The molecule has 0 spiro atoms. The van der Waals surface area contributed by atoms with E-state index in [1.165, 1.54) is 18.3 Å².